The van der Waals surface area contributed by atoms with Crippen LogP contribution in [0.1, 0.15) is 20.8 Å². The van der Waals surface area contributed by atoms with Crippen molar-refractivity contribution in [2.24, 2.45) is 0 Å². The van der Waals surface area contributed by atoms with Gasteiger partial charge in [0.25, 0.3) is 0 Å². The number of halogens is 1. The lowest BCUT2D eigenvalue weighted by Gasteiger charge is -2.13. The van der Waals surface area contributed by atoms with E-state index in [1.807, 2.05) is 0 Å². The van der Waals surface area contributed by atoms with E-state index in [0.29, 0.717) is 0 Å². The molecule has 4 nitrogen and oxygen atoms in total. The molecule has 15 heavy (non-hydrogen) atoms. The fourth-order valence-corrected chi connectivity index (χ4v) is 0.687. The van der Waals surface area contributed by atoms with Gasteiger partial charge in [-0.1, -0.05) is 6.58 Å². The van der Waals surface area contributed by atoms with E-state index >= 15 is 0 Å². The van der Waals surface area contributed by atoms with Crippen LogP contribution in [0, 0.1) is 0 Å². The molecule has 0 rings (SSSR count). The molecule has 0 saturated carbocycles. The van der Waals surface area contributed by atoms with Crippen LogP contribution in [0.15, 0.2) is 12.2 Å². The van der Waals surface area contributed by atoms with Crippen molar-refractivity contribution >= 4 is 23.5 Å². The molecule has 0 aliphatic heterocycles. The molecular weight excluding hydrogens is 220 g/mol. The Balaban J connectivity index is 3.99. The zero-order valence-corrected chi connectivity index (χ0v) is 9.84. The number of alkyl halides is 1. The minimum Gasteiger partial charge on any atom is -0.461 e. The van der Waals surface area contributed by atoms with E-state index in [-0.39, 0.29) is 17.6 Å². The number of rotatable bonds is 5. The SMILES string of the molecule is C=C(C)C(=O)OC(C)C(=O)OCC(C)Cl. The maximum atomic E-state index is 11.2. The molecule has 5 heteroatoms. The van der Waals surface area contributed by atoms with E-state index in [4.69, 9.17) is 21.1 Å². The molecule has 0 heterocycles. The number of carbonyl (C=O) groups is 2. The van der Waals surface area contributed by atoms with Crippen molar-refractivity contribution in [3.63, 3.8) is 0 Å². The highest BCUT2D eigenvalue weighted by Gasteiger charge is 2.19. The van der Waals surface area contributed by atoms with Crippen LogP contribution in [0.2, 0.25) is 0 Å². The summed E-state index contributed by atoms with van der Waals surface area (Å²) in [6.07, 6.45) is -0.940. The molecule has 0 spiro atoms. The van der Waals surface area contributed by atoms with Crippen molar-refractivity contribution in [3.05, 3.63) is 12.2 Å². The predicted octanol–water partition coefficient (Wildman–Crippen LogP) is 1.66. The van der Waals surface area contributed by atoms with Gasteiger partial charge in [0.1, 0.15) is 6.61 Å². The molecule has 0 aromatic heterocycles. The summed E-state index contributed by atoms with van der Waals surface area (Å²) in [4.78, 5) is 22.3. The molecule has 0 aromatic carbocycles. The smallest absolute Gasteiger partial charge is 0.347 e. The molecular formula is C10H15ClO4. The Kier molecular flexibility index (Phi) is 6.01. The number of carbonyl (C=O) groups excluding carboxylic acids is 2. The number of esters is 2. The fraction of sp³-hybridized carbons (Fsp3) is 0.600. The predicted molar refractivity (Wildman–Crippen MR) is 56.6 cm³/mol. The number of hydrogen-bond donors (Lipinski definition) is 0. The highest BCUT2D eigenvalue weighted by Crippen LogP contribution is 2.02. The summed E-state index contributed by atoms with van der Waals surface area (Å²) < 4.78 is 9.52. The summed E-state index contributed by atoms with van der Waals surface area (Å²) >= 11 is 5.58. The first-order chi connectivity index (χ1) is 6.84. The van der Waals surface area contributed by atoms with Gasteiger partial charge in [-0.2, -0.15) is 0 Å². The first-order valence-corrected chi connectivity index (χ1v) is 4.95. The van der Waals surface area contributed by atoms with Gasteiger partial charge >= 0.3 is 11.9 Å². The van der Waals surface area contributed by atoms with E-state index in [1.54, 1.807) is 6.92 Å². The quantitative estimate of drug-likeness (QED) is 0.413. The van der Waals surface area contributed by atoms with Crippen molar-refractivity contribution < 1.29 is 19.1 Å². The van der Waals surface area contributed by atoms with Crippen LogP contribution >= 0.6 is 11.6 Å². The monoisotopic (exact) mass is 234 g/mol. The molecule has 0 N–H and O–H groups in total. The van der Waals surface area contributed by atoms with Crippen LogP contribution in [-0.2, 0) is 19.1 Å². The summed E-state index contributed by atoms with van der Waals surface area (Å²) in [7, 11) is 0. The fourth-order valence-electron chi connectivity index (χ4n) is 0.624. The van der Waals surface area contributed by atoms with Crippen LogP contribution in [0.4, 0.5) is 0 Å². The Morgan fingerprint density at radius 3 is 2.33 bits per heavy atom. The van der Waals surface area contributed by atoms with Gasteiger partial charge in [0.15, 0.2) is 6.10 Å². The van der Waals surface area contributed by atoms with Gasteiger partial charge in [-0.25, -0.2) is 9.59 Å². The third-order valence-electron chi connectivity index (χ3n) is 1.42. The van der Waals surface area contributed by atoms with E-state index in [1.165, 1.54) is 13.8 Å². The molecule has 0 radical (unpaired) electrons. The van der Waals surface area contributed by atoms with Crippen molar-refractivity contribution in [3.8, 4) is 0 Å². The van der Waals surface area contributed by atoms with Gasteiger partial charge in [-0.05, 0) is 20.8 Å². The molecule has 86 valence electrons. The summed E-state index contributed by atoms with van der Waals surface area (Å²) in [5, 5.41) is -0.266. The van der Waals surface area contributed by atoms with Gasteiger partial charge < -0.3 is 9.47 Å². The van der Waals surface area contributed by atoms with Gasteiger partial charge in [-0.15, -0.1) is 11.6 Å². The molecule has 0 bridgehead atoms. The van der Waals surface area contributed by atoms with Crippen molar-refractivity contribution in [1.29, 1.82) is 0 Å². The third kappa shape index (κ3) is 6.12. The normalized spacial score (nSPS) is 13.9. The topological polar surface area (TPSA) is 52.6 Å². The average molecular weight is 235 g/mol. The Bertz CT molecular complexity index is 260. The molecule has 0 aliphatic carbocycles. The Hall–Kier alpha value is -1.03. The first-order valence-electron chi connectivity index (χ1n) is 4.51. The van der Waals surface area contributed by atoms with E-state index in [9.17, 15) is 9.59 Å². The van der Waals surface area contributed by atoms with Crippen LogP contribution in [0.5, 0.6) is 0 Å². The second-order valence-corrected chi connectivity index (χ2v) is 3.98. The first kappa shape index (κ1) is 14.0. The average Bonchev–Trinajstić information content (AvgIpc) is 2.13. The maximum absolute atomic E-state index is 11.2. The van der Waals surface area contributed by atoms with Gasteiger partial charge in [-0.3, -0.25) is 0 Å². The number of ether oxygens (including phenoxy) is 2. The van der Waals surface area contributed by atoms with E-state index < -0.39 is 18.0 Å². The van der Waals surface area contributed by atoms with Crippen LogP contribution in [-0.4, -0.2) is 30.0 Å². The van der Waals surface area contributed by atoms with Crippen LogP contribution in [0.25, 0.3) is 0 Å². The highest BCUT2D eigenvalue weighted by atomic mass is 35.5. The van der Waals surface area contributed by atoms with E-state index in [0.717, 1.165) is 0 Å². The lowest BCUT2D eigenvalue weighted by molar-refractivity contribution is -0.164. The maximum Gasteiger partial charge on any atom is 0.347 e. The zero-order valence-electron chi connectivity index (χ0n) is 9.08. The summed E-state index contributed by atoms with van der Waals surface area (Å²) in [6, 6.07) is 0. The molecule has 0 amide bonds. The van der Waals surface area contributed by atoms with E-state index in [2.05, 4.69) is 6.58 Å². The van der Waals surface area contributed by atoms with Gasteiger partial charge in [0.2, 0.25) is 0 Å². The lowest BCUT2D eigenvalue weighted by atomic mass is 10.3. The van der Waals surface area contributed by atoms with Crippen molar-refractivity contribution in [2.75, 3.05) is 6.61 Å². The van der Waals surface area contributed by atoms with Crippen LogP contribution in [0.3, 0.4) is 0 Å². The Morgan fingerprint density at radius 2 is 1.93 bits per heavy atom. The summed E-state index contributed by atoms with van der Waals surface area (Å²) in [6.45, 7) is 8.11. The molecule has 0 saturated heterocycles. The molecule has 2 atom stereocenters. The van der Waals surface area contributed by atoms with Crippen molar-refractivity contribution in [1.82, 2.24) is 0 Å². The Labute approximate surface area is 94.2 Å². The Morgan fingerprint density at radius 1 is 1.40 bits per heavy atom. The molecule has 0 aromatic rings. The minimum absolute atomic E-state index is 0.0926. The highest BCUT2D eigenvalue weighted by molar-refractivity contribution is 6.20. The minimum atomic E-state index is -0.940. The largest absolute Gasteiger partial charge is 0.461 e. The number of hydrogen-bond acceptors (Lipinski definition) is 4. The zero-order chi connectivity index (χ0) is 12.0. The molecule has 0 aliphatic rings. The van der Waals surface area contributed by atoms with Crippen LogP contribution < -0.4 is 0 Å². The van der Waals surface area contributed by atoms with Gasteiger partial charge in [0, 0.05) is 5.57 Å². The molecule has 0 fully saturated rings. The third-order valence-corrected chi connectivity index (χ3v) is 1.55. The lowest BCUT2D eigenvalue weighted by Crippen LogP contribution is -2.27. The van der Waals surface area contributed by atoms with Gasteiger partial charge in [0.05, 0.1) is 5.38 Å². The standard InChI is InChI=1S/C10H15ClO4/c1-6(2)9(12)15-8(4)10(13)14-5-7(3)11/h7-8H,1,5H2,2-4H3. The molecule has 2 unspecified atom stereocenters. The summed E-state index contributed by atoms with van der Waals surface area (Å²) in [5.41, 5.74) is 0.236. The second-order valence-electron chi connectivity index (χ2n) is 3.24. The summed E-state index contributed by atoms with van der Waals surface area (Å²) in [5.74, 6) is -1.23. The van der Waals surface area contributed by atoms with Crippen molar-refractivity contribution in [2.45, 2.75) is 32.3 Å². The second kappa shape index (κ2) is 6.45.